The largest absolute Gasteiger partial charge is 0.475 e. The number of para-hydroxylation sites is 1. The van der Waals surface area contributed by atoms with Gasteiger partial charge >= 0.3 is 11.9 Å². The first-order valence-electron chi connectivity index (χ1n) is 6.07. The lowest BCUT2D eigenvalue weighted by Crippen LogP contribution is -2.16. The maximum absolute atomic E-state index is 11.8. The first-order valence-corrected chi connectivity index (χ1v) is 6.07. The normalized spacial score (nSPS) is 10.4. The average Bonchev–Trinajstić information content (AvgIpc) is 2.75. The molecule has 0 spiro atoms. The number of aliphatic carboxylic acids is 1. The number of hydrogen-bond donors (Lipinski definition) is 2. The minimum absolute atomic E-state index is 0.0150. The van der Waals surface area contributed by atoms with E-state index in [0.717, 1.165) is 0 Å². The quantitative estimate of drug-likeness (QED) is 0.490. The molecule has 1 aromatic carbocycles. The van der Waals surface area contributed by atoms with Crippen LogP contribution in [0.5, 0.6) is 0 Å². The Bertz CT molecular complexity index is 686. The van der Waals surface area contributed by atoms with Crippen LogP contribution in [0.15, 0.2) is 24.3 Å². The van der Waals surface area contributed by atoms with Crippen LogP contribution in [0.2, 0.25) is 0 Å². The molecule has 6 nitrogen and oxygen atoms in total. The summed E-state index contributed by atoms with van der Waals surface area (Å²) in [5.41, 5.74) is 0.884. The molecule has 1 heterocycles. The molecule has 0 amide bonds. The third kappa shape index (κ3) is 2.54. The third-order valence-corrected chi connectivity index (χ3v) is 2.83. The van der Waals surface area contributed by atoms with E-state index < -0.39 is 17.7 Å². The highest BCUT2D eigenvalue weighted by atomic mass is 16.5. The van der Waals surface area contributed by atoms with Crippen molar-refractivity contribution >= 4 is 28.6 Å². The van der Waals surface area contributed by atoms with Crippen molar-refractivity contribution in [2.75, 3.05) is 6.61 Å². The topological polar surface area (TPSA) is 96.5 Å². The van der Waals surface area contributed by atoms with Gasteiger partial charge in [-0.25, -0.2) is 4.79 Å². The number of ketones is 1. The van der Waals surface area contributed by atoms with Gasteiger partial charge in [-0.3, -0.25) is 9.59 Å². The minimum atomic E-state index is -1.56. The summed E-state index contributed by atoms with van der Waals surface area (Å²) in [6.07, 6.45) is -0.170. The Morgan fingerprint density at radius 3 is 2.60 bits per heavy atom. The van der Waals surface area contributed by atoms with Gasteiger partial charge in [0, 0.05) is 16.6 Å². The van der Waals surface area contributed by atoms with Gasteiger partial charge in [0.2, 0.25) is 0 Å². The van der Waals surface area contributed by atoms with Crippen molar-refractivity contribution in [1.29, 1.82) is 0 Å². The average molecular weight is 275 g/mol. The number of carbonyl (C=O) groups excluding carboxylic acids is 2. The fourth-order valence-corrected chi connectivity index (χ4v) is 2.05. The summed E-state index contributed by atoms with van der Waals surface area (Å²) in [6.45, 7) is 1.90. The van der Waals surface area contributed by atoms with Crippen molar-refractivity contribution in [3.8, 4) is 0 Å². The molecule has 104 valence electrons. The van der Waals surface area contributed by atoms with E-state index in [1.54, 1.807) is 31.2 Å². The minimum Gasteiger partial charge on any atom is -0.475 e. The van der Waals surface area contributed by atoms with Crippen LogP contribution in [-0.2, 0) is 20.7 Å². The molecule has 2 rings (SSSR count). The van der Waals surface area contributed by atoms with Gasteiger partial charge in [0.1, 0.15) is 0 Å². The summed E-state index contributed by atoms with van der Waals surface area (Å²) < 4.78 is 4.82. The molecule has 0 unspecified atom stereocenters. The van der Waals surface area contributed by atoms with Gasteiger partial charge in [0.15, 0.2) is 0 Å². The highest BCUT2D eigenvalue weighted by molar-refractivity contribution is 6.42. The molecule has 1 aromatic heterocycles. The summed E-state index contributed by atoms with van der Waals surface area (Å²) in [5, 5.41) is 9.38. The molecule has 0 fully saturated rings. The van der Waals surface area contributed by atoms with Crippen molar-refractivity contribution in [2.24, 2.45) is 0 Å². The van der Waals surface area contributed by atoms with Crippen LogP contribution in [-0.4, -0.2) is 34.4 Å². The molecule has 0 bridgehead atoms. The number of fused-ring (bicyclic) bond motifs is 1. The summed E-state index contributed by atoms with van der Waals surface area (Å²) in [7, 11) is 0. The number of hydrogen-bond acceptors (Lipinski definition) is 4. The second-order valence-electron chi connectivity index (χ2n) is 4.14. The van der Waals surface area contributed by atoms with E-state index in [2.05, 4.69) is 4.98 Å². The summed E-state index contributed by atoms with van der Waals surface area (Å²) in [6, 6.07) is 6.80. The zero-order valence-electron chi connectivity index (χ0n) is 10.8. The van der Waals surface area contributed by atoms with Crippen LogP contribution in [0.4, 0.5) is 0 Å². The molecule has 0 saturated heterocycles. The van der Waals surface area contributed by atoms with E-state index in [1.165, 1.54) is 0 Å². The van der Waals surface area contributed by atoms with Gasteiger partial charge < -0.3 is 14.8 Å². The number of Topliss-reactive ketones (excluding diaryl/α,β-unsaturated/α-hetero) is 1. The van der Waals surface area contributed by atoms with Gasteiger partial charge in [-0.1, -0.05) is 18.2 Å². The molecule has 2 N–H and O–H groups in total. The zero-order chi connectivity index (χ0) is 14.7. The second-order valence-corrected chi connectivity index (χ2v) is 4.14. The molecule has 6 heteroatoms. The van der Waals surface area contributed by atoms with Crippen LogP contribution in [0.1, 0.15) is 23.0 Å². The van der Waals surface area contributed by atoms with Crippen molar-refractivity contribution in [3.05, 3.63) is 35.5 Å². The van der Waals surface area contributed by atoms with Gasteiger partial charge in [-0.2, -0.15) is 0 Å². The Labute approximate surface area is 114 Å². The number of H-pyrrole nitrogens is 1. The SMILES string of the molecule is CCOC(=O)Cc1[nH]c2ccccc2c1C(=O)C(=O)O. The van der Waals surface area contributed by atoms with E-state index in [-0.39, 0.29) is 24.3 Å². The van der Waals surface area contributed by atoms with Crippen LogP contribution < -0.4 is 0 Å². The van der Waals surface area contributed by atoms with E-state index in [9.17, 15) is 14.4 Å². The van der Waals surface area contributed by atoms with Crippen LogP contribution in [0.25, 0.3) is 10.9 Å². The van der Waals surface area contributed by atoms with E-state index >= 15 is 0 Å². The van der Waals surface area contributed by atoms with Crippen molar-refractivity contribution in [3.63, 3.8) is 0 Å². The van der Waals surface area contributed by atoms with E-state index in [4.69, 9.17) is 9.84 Å². The van der Waals surface area contributed by atoms with Gasteiger partial charge in [-0.15, -0.1) is 0 Å². The molecule has 0 radical (unpaired) electrons. The highest BCUT2D eigenvalue weighted by Crippen LogP contribution is 2.23. The predicted molar refractivity (Wildman–Crippen MR) is 70.6 cm³/mol. The molecular weight excluding hydrogens is 262 g/mol. The Hall–Kier alpha value is -2.63. The molecule has 0 aliphatic carbocycles. The monoisotopic (exact) mass is 275 g/mol. The zero-order valence-corrected chi connectivity index (χ0v) is 10.8. The number of carboxylic acid groups (broad SMARTS) is 1. The predicted octanol–water partition coefficient (Wildman–Crippen LogP) is 1.54. The van der Waals surface area contributed by atoms with Crippen LogP contribution >= 0.6 is 0 Å². The fraction of sp³-hybridized carbons (Fsp3) is 0.214. The van der Waals surface area contributed by atoms with Gasteiger partial charge in [0.05, 0.1) is 18.6 Å². The number of rotatable bonds is 5. The first-order chi connectivity index (χ1) is 9.54. The van der Waals surface area contributed by atoms with E-state index in [1.807, 2.05) is 0 Å². The third-order valence-electron chi connectivity index (χ3n) is 2.83. The summed E-state index contributed by atoms with van der Waals surface area (Å²) >= 11 is 0. The number of esters is 1. The number of carboxylic acids is 1. The number of nitrogens with one attached hydrogen (secondary N) is 1. The molecule has 0 atom stereocenters. The van der Waals surface area contributed by atoms with Gasteiger partial charge in [-0.05, 0) is 13.0 Å². The Morgan fingerprint density at radius 2 is 1.95 bits per heavy atom. The fourth-order valence-electron chi connectivity index (χ4n) is 2.05. The molecule has 0 aliphatic heterocycles. The number of benzene rings is 1. The van der Waals surface area contributed by atoms with Gasteiger partial charge in [0.25, 0.3) is 5.78 Å². The Morgan fingerprint density at radius 1 is 1.25 bits per heavy atom. The standard InChI is InChI=1S/C14H13NO5/c1-2-20-11(16)7-10-12(13(17)14(18)19)8-5-3-4-6-9(8)15-10/h3-6,15H,2,7H2,1H3,(H,18,19). The summed E-state index contributed by atoms with van der Waals surface area (Å²) in [5.74, 6) is -3.11. The lowest BCUT2D eigenvalue weighted by atomic mass is 10.0. The second kappa shape index (κ2) is 5.56. The lowest BCUT2D eigenvalue weighted by Gasteiger charge is -2.02. The molecule has 20 heavy (non-hydrogen) atoms. The first kappa shape index (κ1) is 13.8. The molecule has 0 aliphatic rings. The summed E-state index contributed by atoms with van der Waals surface area (Å²) in [4.78, 5) is 37.2. The van der Waals surface area contributed by atoms with Crippen LogP contribution in [0, 0.1) is 0 Å². The maximum atomic E-state index is 11.8. The van der Waals surface area contributed by atoms with Crippen molar-refractivity contribution in [2.45, 2.75) is 13.3 Å². The molecule has 0 saturated carbocycles. The Balaban J connectivity index is 2.52. The van der Waals surface area contributed by atoms with Crippen molar-refractivity contribution < 1.29 is 24.2 Å². The van der Waals surface area contributed by atoms with Crippen LogP contribution in [0.3, 0.4) is 0 Å². The smallest absolute Gasteiger partial charge is 0.377 e. The maximum Gasteiger partial charge on any atom is 0.377 e. The molecular formula is C14H13NO5. The number of ether oxygens (including phenoxy) is 1. The number of aromatic nitrogens is 1. The van der Waals surface area contributed by atoms with Crippen molar-refractivity contribution in [1.82, 2.24) is 4.98 Å². The number of aromatic amines is 1. The molecule has 2 aromatic rings. The van der Waals surface area contributed by atoms with E-state index in [0.29, 0.717) is 10.9 Å². The highest BCUT2D eigenvalue weighted by Gasteiger charge is 2.24. The number of carbonyl (C=O) groups is 3. The Kier molecular flexibility index (Phi) is 3.84. The lowest BCUT2D eigenvalue weighted by molar-refractivity contribution is -0.142.